The molecule has 2 heterocycles. The molecule has 0 saturated carbocycles. The molecule has 0 fully saturated rings. The number of aromatic amines is 1. The van der Waals surface area contributed by atoms with Crippen LogP contribution in [-0.2, 0) is 0 Å². The van der Waals surface area contributed by atoms with E-state index in [-0.39, 0.29) is 5.75 Å². The molecule has 2 N–H and O–H groups in total. The molecule has 0 aliphatic rings. The number of amides is 1. The van der Waals surface area contributed by atoms with Crippen molar-refractivity contribution in [3.8, 4) is 5.75 Å². The number of benzene rings is 1. The van der Waals surface area contributed by atoms with Gasteiger partial charge >= 0.3 is 6.09 Å². The number of pyridine rings is 1. The van der Waals surface area contributed by atoms with Gasteiger partial charge in [-0.1, -0.05) is 0 Å². The first-order valence-corrected chi connectivity index (χ1v) is 6.82. The number of fused-ring (bicyclic) bond motifs is 3. The van der Waals surface area contributed by atoms with E-state index in [0.29, 0.717) is 16.6 Å². The lowest BCUT2D eigenvalue weighted by Gasteiger charge is -2.04. The Kier molecular flexibility index (Phi) is 3.20. The second kappa shape index (κ2) is 4.89. The van der Waals surface area contributed by atoms with Crippen LogP contribution in [0.15, 0.2) is 24.4 Å². The second-order valence-electron chi connectivity index (χ2n) is 4.14. The van der Waals surface area contributed by atoms with Gasteiger partial charge in [-0.2, -0.15) is 0 Å². The number of H-pyrrole nitrogens is 1. The van der Waals surface area contributed by atoms with Gasteiger partial charge in [0.05, 0.1) is 5.52 Å². The van der Waals surface area contributed by atoms with Crippen LogP contribution in [0, 0.1) is 9.39 Å². The Bertz CT molecular complexity index is 831. The van der Waals surface area contributed by atoms with E-state index >= 15 is 0 Å². The molecule has 5 nitrogen and oxygen atoms in total. The fourth-order valence-electron chi connectivity index (χ4n) is 2.02. The van der Waals surface area contributed by atoms with Gasteiger partial charge in [-0.05, 0) is 34.7 Å². The lowest BCUT2D eigenvalue weighted by Crippen LogP contribution is -2.22. The maximum atomic E-state index is 13.7. The van der Waals surface area contributed by atoms with Gasteiger partial charge in [0.15, 0.2) is 5.75 Å². The van der Waals surface area contributed by atoms with Crippen LogP contribution in [0.3, 0.4) is 0 Å². The minimum atomic E-state index is -0.655. The molecule has 2 aromatic heterocycles. The fourth-order valence-corrected chi connectivity index (χ4v) is 2.47. The summed E-state index contributed by atoms with van der Waals surface area (Å²) in [6.45, 7) is 0. The monoisotopic (exact) mass is 385 g/mol. The third-order valence-electron chi connectivity index (χ3n) is 2.86. The molecule has 0 unspecified atom stereocenters. The number of aromatic nitrogens is 2. The normalized spacial score (nSPS) is 10.9. The Morgan fingerprint density at radius 1 is 1.40 bits per heavy atom. The first kappa shape index (κ1) is 13.1. The van der Waals surface area contributed by atoms with E-state index < -0.39 is 11.9 Å². The predicted molar refractivity (Wildman–Crippen MR) is 81.4 cm³/mol. The van der Waals surface area contributed by atoms with E-state index in [1.165, 1.54) is 13.1 Å². The molecule has 0 spiro atoms. The summed E-state index contributed by atoms with van der Waals surface area (Å²) in [7, 11) is 1.44. The van der Waals surface area contributed by atoms with Gasteiger partial charge in [0.2, 0.25) is 0 Å². The van der Waals surface area contributed by atoms with Crippen LogP contribution in [0.5, 0.6) is 5.75 Å². The van der Waals surface area contributed by atoms with E-state index in [4.69, 9.17) is 4.74 Å². The van der Waals surface area contributed by atoms with Crippen molar-refractivity contribution in [3.63, 3.8) is 0 Å². The lowest BCUT2D eigenvalue weighted by molar-refractivity contribution is 0.203. The van der Waals surface area contributed by atoms with E-state index in [1.807, 2.05) is 6.07 Å². The number of rotatable bonds is 1. The number of carbonyl (C=O) groups excluding carboxylic acids is 1. The molecule has 0 atom stereocenters. The number of carbonyl (C=O) groups is 1. The van der Waals surface area contributed by atoms with Crippen molar-refractivity contribution in [2.45, 2.75) is 0 Å². The standard InChI is InChI=1S/C13H9FIN3O2/c1-16-13(19)20-10-3-6(14)2-8-9-4-7(15)5-17-12(9)18-11(8)10/h2-5H,1H3,(H,16,19)(H,17,18). The van der Waals surface area contributed by atoms with Crippen LogP contribution in [0.25, 0.3) is 21.9 Å². The zero-order chi connectivity index (χ0) is 14.3. The molecule has 0 aliphatic heterocycles. The Labute approximate surface area is 126 Å². The number of nitrogens with one attached hydrogen (secondary N) is 2. The average molecular weight is 385 g/mol. The summed E-state index contributed by atoms with van der Waals surface area (Å²) in [5.41, 5.74) is 1.16. The minimum absolute atomic E-state index is 0.132. The lowest BCUT2D eigenvalue weighted by atomic mass is 10.2. The first-order chi connectivity index (χ1) is 9.58. The van der Waals surface area contributed by atoms with Gasteiger partial charge in [-0.15, -0.1) is 0 Å². The summed E-state index contributed by atoms with van der Waals surface area (Å²) in [5, 5.41) is 3.74. The van der Waals surface area contributed by atoms with Crippen LogP contribution in [0.1, 0.15) is 0 Å². The quantitative estimate of drug-likeness (QED) is 0.633. The van der Waals surface area contributed by atoms with Gasteiger partial charge < -0.3 is 15.0 Å². The molecule has 3 rings (SSSR count). The van der Waals surface area contributed by atoms with Crippen molar-refractivity contribution in [2.75, 3.05) is 7.05 Å². The maximum absolute atomic E-state index is 13.7. The molecule has 0 radical (unpaired) electrons. The summed E-state index contributed by atoms with van der Waals surface area (Å²) in [5.74, 6) is -0.344. The third kappa shape index (κ3) is 2.17. The molecule has 0 saturated heterocycles. The first-order valence-electron chi connectivity index (χ1n) is 5.74. The third-order valence-corrected chi connectivity index (χ3v) is 3.45. The highest BCUT2D eigenvalue weighted by atomic mass is 127. The average Bonchev–Trinajstić information content (AvgIpc) is 2.77. The zero-order valence-electron chi connectivity index (χ0n) is 10.3. The van der Waals surface area contributed by atoms with Gasteiger partial charge in [-0.25, -0.2) is 14.2 Å². The highest BCUT2D eigenvalue weighted by Crippen LogP contribution is 2.32. The Balaban J connectivity index is 2.30. The summed E-state index contributed by atoms with van der Waals surface area (Å²) in [6, 6.07) is 4.45. The molecule has 1 aromatic carbocycles. The summed E-state index contributed by atoms with van der Waals surface area (Å²) in [6.07, 6.45) is 1.05. The number of hydrogen-bond acceptors (Lipinski definition) is 3. The van der Waals surface area contributed by atoms with Gasteiger partial charge in [0, 0.05) is 33.7 Å². The van der Waals surface area contributed by atoms with Crippen molar-refractivity contribution in [3.05, 3.63) is 33.8 Å². The topological polar surface area (TPSA) is 67.0 Å². The van der Waals surface area contributed by atoms with Crippen molar-refractivity contribution < 1.29 is 13.9 Å². The number of ether oxygens (including phenoxy) is 1. The second-order valence-corrected chi connectivity index (χ2v) is 5.39. The highest BCUT2D eigenvalue weighted by Gasteiger charge is 2.14. The molecule has 102 valence electrons. The van der Waals surface area contributed by atoms with Gasteiger partial charge in [0.25, 0.3) is 0 Å². The van der Waals surface area contributed by atoms with Crippen molar-refractivity contribution in [2.24, 2.45) is 0 Å². The van der Waals surface area contributed by atoms with Crippen LogP contribution in [0.4, 0.5) is 9.18 Å². The maximum Gasteiger partial charge on any atom is 0.412 e. The molecule has 7 heteroatoms. The fraction of sp³-hybridized carbons (Fsp3) is 0.0769. The number of nitrogens with zero attached hydrogens (tertiary/aromatic N) is 1. The predicted octanol–water partition coefficient (Wildman–Crippen LogP) is 3.18. The van der Waals surface area contributed by atoms with Crippen molar-refractivity contribution in [1.82, 2.24) is 15.3 Å². The van der Waals surface area contributed by atoms with Crippen LogP contribution >= 0.6 is 22.6 Å². The van der Waals surface area contributed by atoms with Gasteiger partial charge in [0.1, 0.15) is 11.5 Å². The van der Waals surface area contributed by atoms with E-state index in [1.54, 1.807) is 6.20 Å². The molecule has 3 aromatic rings. The molecule has 0 bridgehead atoms. The molecule has 0 aliphatic carbocycles. The Morgan fingerprint density at radius 2 is 2.20 bits per heavy atom. The van der Waals surface area contributed by atoms with Crippen LogP contribution < -0.4 is 10.1 Å². The molecule has 20 heavy (non-hydrogen) atoms. The van der Waals surface area contributed by atoms with E-state index in [2.05, 4.69) is 37.9 Å². The summed E-state index contributed by atoms with van der Waals surface area (Å²) >= 11 is 2.14. The van der Waals surface area contributed by atoms with Crippen LogP contribution in [0.2, 0.25) is 0 Å². The molecular weight excluding hydrogens is 376 g/mol. The van der Waals surface area contributed by atoms with Gasteiger partial charge in [-0.3, -0.25) is 0 Å². The SMILES string of the molecule is CNC(=O)Oc1cc(F)cc2c1[nH]c1ncc(I)cc12. The van der Waals surface area contributed by atoms with Crippen molar-refractivity contribution in [1.29, 1.82) is 0 Å². The Hall–Kier alpha value is -1.90. The highest BCUT2D eigenvalue weighted by molar-refractivity contribution is 14.1. The summed E-state index contributed by atoms with van der Waals surface area (Å²) in [4.78, 5) is 18.6. The Morgan fingerprint density at radius 3 is 2.95 bits per heavy atom. The van der Waals surface area contributed by atoms with E-state index in [0.717, 1.165) is 15.0 Å². The largest absolute Gasteiger partial charge is 0.412 e. The van der Waals surface area contributed by atoms with Crippen LogP contribution in [-0.4, -0.2) is 23.1 Å². The smallest absolute Gasteiger partial charge is 0.408 e. The zero-order valence-corrected chi connectivity index (χ0v) is 12.5. The number of halogens is 2. The number of hydrogen-bond donors (Lipinski definition) is 2. The summed E-state index contributed by atoms with van der Waals surface area (Å²) < 4.78 is 19.7. The van der Waals surface area contributed by atoms with Crippen molar-refractivity contribution >= 4 is 50.6 Å². The van der Waals surface area contributed by atoms with E-state index in [9.17, 15) is 9.18 Å². The molecular formula is C13H9FIN3O2. The minimum Gasteiger partial charge on any atom is -0.408 e. The molecule has 1 amide bonds.